The van der Waals surface area contributed by atoms with E-state index in [1.807, 2.05) is 41.3 Å². The van der Waals surface area contributed by atoms with Crippen molar-refractivity contribution in [2.45, 2.75) is 31.2 Å². The topological polar surface area (TPSA) is 54.2 Å². The highest BCUT2D eigenvalue weighted by molar-refractivity contribution is 7.98. The van der Waals surface area contributed by atoms with Gasteiger partial charge < -0.3 is 9.84 Å². The molecule has 0 fully saturated rings. The van der Waals surface area contributed by atoms with Crippen LogP contribution in [0.25, 0.3) is 17.0 Å². The summed E-state index contributed by atoms with van der Waals surface area (Å²) in [4.78, 5) is 8.02. The molecule has 176 valence electrons. The Kier molecular flexibility index (Phi) is 6.70. The van der Waals surface area contributed by atoms with E-state index in [1.165, 1.54) is 10.5 Å². The van der Waals surface area contributed by atoms with Crippen molar-refractivity contribution in [3.8, 4) is 11.4 Å². The number of aromatic nitrogens is 2. The lowest BCUT2D eigenvalue weighted by atomic mass is 9.93. The van der Waals surface area contributed by atoms with Crippen LogP contribution in [0, 0.1) is 0 Å². The summed E-state index contributed by atoms with van der Waals surface area (Å²) in [7, 11) is 0. The summed E-state index contributed by atoms with van der Waals surface area (Å²) >= 11 is 7.58. The monoisotopic (exact) mass is 498 g/mol. The average Bonchev–Trinajstić information content (AvgIpc) is 3.39. The van der Waals surface area contributed by atoms with Crippen LogP contribution in [0.5, 0.6) is 0 Å². The molecule has 35 heavy (non-hydrogen) atoms. The van der Waals surface area contributed by atoms with Crippen LogP contribution in [-0.2, 0) is 6.42 Å². The van der Waals surface area contributed by atoms with Crippen molar-refractivity contribution >= 4 is 40.4 Å². The molecule has 5 nitrogen and oxygen atoms in total. The molecule has 2 heterocycles. The molecule has 1 aliphatic heterocycles. The zero-order valence-electron chi connectivity index (χ0n) is 19.9. The van der Waals surface area contributed by atoms with E-state index in [1.54, 1.807) is 11.8 Å². The van der Waals surface area contributed by atoms with Crippen molar-refractivity contribution in [2.75, 3.05) is 11.2 Å². The third-order valence-electron chi connectivity index (χ3n) is 6.21. The Morgan fingerprint density at radius 2 is 1.80 bits per heavy atom. The van der Waals surface area contributed by atoms with E-state index in [9.17, 15) is 0 Å². The Bertz CT molecular complexity index is 1380. The summed E-state index contributed by atoms with van der Waals surface area (Å²) in [6.45, 7) is 4.22. The maximum atomic E-state index is 5.88. The zero-order chi connectivity index (χ0) is 24.4. The summed E-state index contributed by atoms with van der Waals surface area (Å²) < 4.78 is 5.86. The largest absolute Gasteiger partial charge is 0.351 e. The summed E-state index contributed by atoms with van der Waals surface area (Å²) in [5.74, 6) is 1.04. The quantitative estimate of drug-likeness (QED) is 0.229. The first-order chi connectivity index (χ1) is 17.1. The standard InChI is InChI=1S/C28H26N4OS2/c1-4-19-13-15-20(16-14-19)25-24(27-30-26(31-33-27)21-9-6-5-7-10-21)18(2)32(28(34)29-25)22-11-8-12-23(17-22)35-3/h5-17,25H,4H2,1-3H3,(H,29,34). The Labute approximate surface area is 215 Å². The Balaban J connectivity index is 1.65. The maximum absolute atomic E-state index is 5.88. The second kappa shape index (κ2) is 10.1. The van der Waals surface area contributed by atoms with Gasteiger partial charge in [-0.15, -0.1) is 11.8 Å². The minimum absolute atomic E-state index is 0.211. The van der Waals surface area contributed by atoms with Gasteiger partial charge in [-0.1, -0.05) is 72.7 Å². The van der Waals surface area contributed by atoms with E-state index in [0.717, 1.165) is 34.5 Å². The molecule has 0 amide bonds. The van der Waals surface area contributed by atoms with Crippen molar-refractivity contribution in [1.82, 2.24) is 15.5 Å². The third kappa shape index (κ3) is 4.61. The number of anilines is 1. The number of hydrogen-bond acceptors (Lipinski definition) is 5. The molecule has 0 saturated carbocycles. The molecule has 1 atom stereocenters. The molecular weight excluding hydrogens is 472 g/mol. The molecule has 0 bridgehead atoms. The van der Waals surface area contributed by atoms with Gasteiger partial charge in [0.05, 0.1) is 11.6 Å². The van der Waals surface area contributed by atoms with Crippen molar-refractivity contribution in [3.63, 3.8) is 0 Å². The molecule has 1 unspecified atom stereocenters. The van der Waals surface area contributed by atoms with Crippen LogP contribution >= 0.6 is 24.0 Å². The van der Waals surface area contributed by atoms with Gasteiger partial charge in [-0.2, -0.15) is 4.98 Å². The van der Waals surface area contributed by atoms with Crippen LogP contribution < -0.4 is 10.2 Å². The van der Waals surface area contributed by atoms with Gasteiger partial charge in [0.25, 0.3) is 5.89 Å². The number of allylic oxidation sites excluding steroid dienone is 1. The molecule has 5 rings (SSSR count). The van der Waals surface area contributed by atoms with Gasteiger partial charge in [0.15, 0.2) is 5.11 Å². The fraction of sp³-hybridized carbons (Fsp3) is 0.179. The van der Waals surface area contributed by atoms with Gasteiger partial charge in [0.2, 0.25) is 5.82 Å². The SMILES string of the molecule is CCc1ccc(C2NC(=S)N(c3cccc(SC)c3)C(C)=C2c2nc(-c3ccccc3)no2)cc1. The lowest BCUT2D eigenvalue weighted by molar-refractivity contribution is 0.404. The number of nitrogens with zero attached hydrogens (tertiary/aromatic N) is 3. The van der Waals surface area contributed by atoms with Crippen LogP contribution in [0.4, 0.5) is 5.69 Å². The molecule has 3 aromatic carbocycles. The lowest BCUT2D eigenvalue weighted by Gasteiger charge is -2.37. The summed E-state index contributed by atoms with van der Waals surface area (Å²) in [5, 5.41) is 8.48. The van der Waals surface area contributed by atoms with E-state index in [-0.39, 0.29) is 6.04 Å². The summed E-state index contributed by atoms with van der Waals surface area (Å²) in [5.41, 5.74) is 6.15. The Morgan fingerprint density at radius 1 is 1.03 bits per heavy atom. The molecule has 1 aliphatic rings. The van der Waals surface area contributed by atoms with Crippen LogP contribution in [0.1, 0.15) is 36.9 Å². The van der Waals surface area contributed by atoms with Gasteiger partial charge >= 0.3 is 0 Å². The van der Waals surface area contributed by atoms with Crippen molar-refractivity contribution in [3.05, 3.63) is 102 Å². The zero-order valence-corrected chi connectivity index (χ0v) is 21.5. The first kappa shape index (κ1) is 23.3. The normalized spacial score (nSPS) is 15.9. The van der Waals surface area contributed by atoms with Crippen LogP contribution in [0.3, 0.4) is 0 Å². The van der Waals surface area contributed by atoms with E-state index in [4.69, 9.17) is 21.7 Å². The lowest BCUT2D eigenvalue weighted by Crippen LogP contribution is -2.46. The molecule has 7 heteroatoms. The second-order valence-electron chi connectivity index (χ2n) is 8.30. The van der Waals surface area contributed by atoms with Crippen LogP contribution in [0.2, 0.25) is 0 Å². The van der Waals surface area contributed by atoms with Crippen molar-refractivity contribution < 1.29 is 4.52 Å². The predicted molar refractivity (Wildman–Crippen MR) is 147 cm³/mol. The van der Waals surface area contributed by atoms with Gasteiger partial charge in [0.1, 0.15) is 0 Å². The molecule has 0 saturated heterocycles. The first-order valence-corrected chi connectivity index (χ1v) is 13.2. The number of hydrogen-bond donors (Lipinski definition) is 1. The number of benzene rings is 3. The highest BCUT2D eigenvalue weighted by atomic mass is 32.2. The molecule has 1 aromatic heterocycles. The number of rotatable bonds is 6. The third-order valence-corrected chi connectivity index (χ3v) is 7.23. The molecular formula is C28H26N4OS2. The number of nitrogens with one attached hydrogen (secondary N) is 1. The fourth-order valence-corrected chi connectivity index (χ4v) is 5.13. The van der Waals surface area contributed by atoms with Crippen LogP contribution in [-0.4, -0.2) is 21.5 Å². The molecule has 0 spiro atoms. The molecule has 4 aromatic rings. The molecule has 0 aliphatic carbocycles. The van der Waals surface area contributed by atoms with Gasteiger partial charge in [-0.3, -0.25) is 4.90 Å². The van der Waals surface area contributed by atoms with Crippen molar-refractivity contribution in [2.24, 2.45) is 0 Å². The van der Waals surface area contributed by atoms with Gasteiger partial charge in [-0.05, 0) is 61.1 Å². The Hall–Kier alpha value is -3.42. The first-order valence-electron chi connectivity index (χ1n) is 11.5. The van der Waals surface area contributed by atoms with E-state index < -0.39 is 0 Å². The Morgan fingerprint density at radius 3 is 2.51 bits per heavy atom. The average molecular weight is 499 g/mol. The van der Waals surface area contributed by atoms with E-state index in [0.29, 0.717) is 16.8 Å². The van der Waals surface area contributed by atoms with Crippen molar-refractivity contribution in [1.29, 1.82) is 0 Å². The fourth-order valence-electron chi connectivity index (χ4n) is 4.31. The maximum Gasteiger partial charge on any atom is 0.258 e. The second-order valence-corrected chi connectivity index (χ2v) is 9.57. The number of aryl methyl sites for hydroxylation is 1. The van der Waals surface area contributed by atoms with Gasteiger partial charge in [0, 0.05) is 21.8 Å². The smallest absolute Gasteiger partial charge is 0.258 e. The molecule has 1 N–H and O–H groups in total. The van der Waals surface area contributed by atoms with E-state index >= 15 is 0 Å². The minimum Gasteiger partial charge on any atom is -0.351 e. The number of thiocarbonyl (C=S) groups is 1. The van der Waals surface area contributed by atoms with E-state index in [2.05, 4.69) is 73.0 Å². The van der Waals surface area contributed by atoms with Gasteiger partial charge in [-0.25, -0.2) is 0 Å². The molecule has 0 radical (unpaired) electrons. The predicted octanol–water partition coefficient (Wildman–Crippen LogP) is 6.89. The minimum atomic E-state index is -0.211. The highest BCUT2D eigenvalue weighted by Crippen LogP contribution is 2.39. The van der Waals surface area contributed by atoms with Crippen LogP contribution in [0.15, 0.2) is 94.0 Å². The highest BCUT2D eigenvalue weighted by Gasteiger charge is 2.34. The summed E-state index contributed by atoms with van der Waals surface area (Å²) in [6.07, 6.45) is 3.06. The summed E-state index contributed by atoms with van der Waals surface area (Å²) in [6, 6.07) is 26.6. The number of thioether (sulfide) groups is 1.